The standard InChI is InChI=1S/C60H76N10O8/c1-66-40-48(38-64-66)47-35-50(58(61)63-37-47)59(74)65-51-9-3-10-56(51)78-41-44-14-19-46(20-15-44)45-17-12-43(13-18-45)39-69-28-26-68(27-29-69)25-4-11-57(73)62-24-6-31-77-33-7-32-76-30-5-8-42-16-22-52-54(34-42)67(2)60(75)70(52)53-23-21-49(71)36-55(53)72/h12-20,22,34-35,37-38,40,51,53,56H,3-11,21,23-33,36,39,41H2,1-2H3,(H2,61,63)(H,62,73)(H,65,74)/t51-,53?,56-/m0/s1. The first kappa shape index (κ1) is 55.9. The molecule has 3 aromatic carbocycles. The Bertz CT molecular complexity index is 3050. The number of rotatable bonds is 26. The maximum atomic E-state index is 13.4. The van der Waals surface area contributed by atoms with Crippen LogP contribution in [-0.2, 0) is 62.3 Å². The van der Waals surface area contributed by atoms with Crippen molar-refractivity contribution in [2.24, 2.45) is 14.1 Å². The number of benzene rings is 3. The molecule has 3 fully saturated rings. The summed E-state index contributed by atoms with van der Waals surface area (Å²) in [7, 11) is 3.57. The summed E-state index contributed by atoms with van der Waals surface area (Å²) in [6.07, 6.45) is 13.1. The number of piperazine rings is 1. The van der Waals surface area contributed by atoms with Crippen LogP contribution < -0.4 is 22.1 Å². The summed E-state index contributed by atoms with van der Waals surface area (Å²) < 4.78 is 22.8. The Morgan fingerprint density at radius 1 is 0.731 bits per heavy atom. The number of imidazole rings is 1. The van der Waals surface area contributed by atoms with E-state index in [9.17, 15) is 24.0 Å². The number of fused-ring (bicyclic) bond motifs is 1. The number of ketones is 2. The molecule has 2 saturated carbocycles. The first-order chi connectivity index (χ1) is 37.9. The third-order valence-electron chi connectivity index (χ3n) is 15.4. The number of nitrogens with one attached hydrogen (secondary N) is 2. The minimum Gasteiger partial charge on any atom is -0.383 e. The number of nitrogens with zero attached hydrogens (tertiary/aromatic N) is 7. The molecule has 3 aliphatic rings. The number of amides is 2. The van der Waals surface area contributed by atoms with E-state index >= 15 is 0 Å². The molecular weight excluding hydrogens is 989 g/mol. The number of pyridine rings is 1. The average molecular weight is 1070 g/mol. The van der Waals surface area contributed by atoms with Crippen LogP contribution in [0, 0.1) is 0 Å². The molecular formula is C60H76N10O8. The number of nitrogen functional groups attached to an aromatic ring is 1. The van der Waals surface area contributed by atoms with E-state index in [2.05, 4.69) is 79.0 Å². The predicted octanol–water partition coefficient (Wildman–Crippen LogP) is 6.58. The minimum absolute atomic E-state index is 0.0578. The summed E-state index contributed by atoms with van der Waals surface area (Å²) in [4.78, 5) is 72.5. The number of nitrogens with two attached hydrogens (primary N) is 1. The average Bonchev–Trinajstić information content (AvgIpc) is 4.35. The lowest BCUT2D eigenvalue weighted by atomic mass is 9.92. The summed E-state index contributed by atoms with van der Waals surface area (Å²) >= 11 is 0. The van der Waals surface area contributed by atoms with Gasteiger partial charge in [0.1, 0.15) is 11.6 Å². The van der Waals surface area contributed by atoms with E-state index in [1.54, 1.807) is 39.3 Å². The Morgan fingerprint density at radius 2 is 1.44 bits per heavy atom. The summed E-state index contributed by atoms with van der Waals surface area (Å²) in [6.45, 7) is 9.34. The largest absolute Gasteiger partial charge is 0.383 e. The van der Waals surface area contributed by atoms with Crippen LogP contribution in [0.5, 0.6) is 0 Å². The second kappa shape index (κ2) is 27.2. The van der Waals surface area contributed by atoms with Gasteiger partial charge >= 0.3 is 5.69 Å². The molecule has 1 aliphatic heterocycles. The highest BCUT2D eigenvalue weighted by Crippen LogP contribution is 2.29. The smallest absolute Gasteiger partial charge is 0.329 e. The van der Waals surface area contributed by atoms with Crippen LogP contribution in [-0.4, -0.2) is 135 Å². The molecule has 78 heavy (non-hydrogen) atoms. The lowest BCUT2D eigenvalue weighted by Gasteiger charge is -2.34. The van der Waals surface area contributed by atoms with Crippen molar-refractivity contribution < 1.29 is 33.4 Å². The second-order valence-corrected chi connectivity index (χ2v) is 21.2. The van der Waals surface area contributed by atoms with Gasteiger partial charge in [0.25, 0.3) is 5.91 Å². The van der Waals surface area contributed by atoms with Crippen molar-refractivity contribution in [3.63, 3.8) is 0 Å². The van der Waals surface area contributed by atoms with E-state index in [1.807, 2.05) is 31.4 Å². The molecule has 2 aliphatic carbocycles. The van der Waals surface area contributed by atoms with Crippen molar-refractivity contribution in [2.45, 2.75) is 108 Å². The van der Waals surface area contributed by atoms with E-state index in [4.69, 9.17) is 19.9 Å². The van der Waals surface area contributed by atoms with Crippen LogP contribution in [0.15, 0.2) is 96.2 Å². The van der Waals surface area contributed by atoms with Crippen molar-refractivity contribution in [3.8, 4) is 22.3 Å². The molecule has 2 amide bonds. The number of anilines is 1. The Morgan fingerprint density at radius 3 is 2.17 bits per heavy atom. The van der Waals surface area contributed by atoms with E-state index < -0.39 is 6.04 Å². The molecule has 4 heterocycles. The van der Waals surface area contributed by atoms with Gasteiger partial charge in [0.15, 0.2) is 5.78 Å². The van der Waals surface area contributed by atoms with Crippen molar-refractivity contribution in [1.29, 1.82) is 0 Å². The molecule has 18 heteroatoms. The number of hydrogen-bond donors (Lipinski definition) is 3. The van der Waals surface area contributed by atoms with E-state index in [1.165, 1.54) is 11.1 Å². The van der Waals surface area contributed by atoms with Crippen LogP contribution >= 0.6 is 0 Å². The summed E-state index contributed by atoms with van der Waals surface area (Å²) in [6, 6.07) is 24.4. The fraction of sp³-hybridized carbons (Fsp3) is 0.483. The lowest BCUT2D eigenvalue weighted by Crippen LogP contribution is -2.46. The highest BCUT2D eigenvalue weighted by molar-refractivity contribution is 6.03. The monoisotopic (exact) mass is 1060 g/mol. The van der Waals surface area contributed by atoms with Gasteiger partial charge in [-0.25, -0.2) is 9.78 Å². The van der Waals surface area contributed by atoms with Gasteiger partial charge in [-0.05, 0) is 110 Å². The van der Waals surface area contributed by atoms with Crippen molar-refractivity contribution in [2.75, 3.05) is 71.4 Å². The normalized spacial score (nSPS) is 18.3. The number of Topliss-reactive ketones (excluding diaryl/α,β-unsaturated/α-hetero) is 2. The van der Waals surface area contributed by atoms with Crippen LogP contribution in [0.2, 0.25) is 0 Å². The quantitative estimate of drug-likeness (QED) is 0.0388. The number of aromatic nitrogens is 5. The summed E-state index contributed by atoms with van der Waals surface area (Å²) in [5.74, 6) is -0.204. The third-order valence-corrected chi connectivity index (χ3v) is 15.4. The predicted molar refractivity (Wildman–Crippen MR) is 300 cm³/mol. The summed E-state index contributed by atoms with van der Waals surface area (Å²) in [5, 5.41) is 10.4. The SMILES string of the molecule is Cn1cc(-c2cnc(N)c(C(=O)N[C@H]3CCC[C@@H]3OCc3ccc(-c4ccc(CN5CCN(CCCC(=O)NCCCOCCCOCCCc6ccc7c(c6)n(C)c(=O)n7C6CCC(=O)CC6=O)CC5)cc4)cc3)c2)cn1. The molecule has 4 N–H and O–H groups in total. The highest BCUT2D eigenvalue weighted by atomic mass is 16.5. The maximum absolute atomic E-state index is 13.4. The highest BCUT2D eigenvalue weighted by Gasteiger charge is 2.32. The van der Waals surface area contributed by atoms with Crippen molar-refractivity contribution >= 4 is 40.2 Å². The number of hydrogen-bond acceptors (Lipinski definition) is 13. The van der Waals surface area contributed by atoms with Gasteiger partial charge in [-0.2, -0.15) is 5.10 Å². The zero-order chi connectivity index (χ0) is 54.4. The second-order valence-electron chi connectivity index (χ2n) is 21.2. The molecule has 1 unspecified atom stereocenters. The first-order valence-corrected chi connectivity index (χ1v) is 27.9. The van der Waals surface area contributed by atoms with Crippen LogP contribution in [0.1, 0.15) is 104 Å². The van der Waals surface area contributed by atoms with E-state index in [0.717, 1.165) is 129 Å². The molecule has 9 rings (SSSR count). The Kier molecular flexibility index (Phi) is 19.5. The van der Waals surface area contributed by atoms with Gasteiger partial charge in [-0.3, -0.25) is 37.9 Å². The Balaban J connectivity index is 0.577. The molecule has 1 saturated heterocycles. The van der Waals surface area contributed by atoms with E-state index in [-0.39, 0.29) is 53.5 Å². The van der Waals surface area contributed by atoms with Gasteiger partial charge in [-0.15, -0.1) is 0 Å². The molecule has 18 nitrogen and oxygen atoms in total. The van der Waals surface area contributed by atoms with Gasteiger partial charge < -0.3 is 35.5 Å². The fourth-order valence-corrected chi connectivity index (χ4v) is 10.9. The molecule has 414 valence electrons. The molecule has 3 aromatic heterocycles. The maximum Gasteiger partial charge on any atom is 0.329 e. The van der Waals surface area contributed by atoms with Crippen molar-refractivity contribution in [3.05, 3.63) is 124 Å². The molecule has 0 radical (unpaired) electrons. The Labute approximate surface area is 456 Å². The molecule has 0 spiro atoms. The van der Waals surface area contributed by atoms with Crippen molar-refractivity contribution in [1.82, 2.24) is 44.3 Å². The zero-order valence-electron chi connectivity index (χ0n) is 45.3. The molecule has 0 bridgehead atoms. The minimum atomic E-state index is -0.582. The number of carbonyl (C=O) groups is 4. The fourth-order valence-electron chi connectivity index (χ4n) is 10.9. The first-order valence-electron chi connectivity index (χ1n) is 27.9. The lowest BCUT2D eigenvalue weighted by molar-refractivity contribution is -0.132. The van der Waals surface area contributed by atoms with Crippen LogP contribution in [0.4, 0.5) is 5.82 Å². The van der Waals surface area contributed by atoms with E-state index in [0.29, 0.717) is 64.4 Å². The van der Waals surface area contributed by atoms with Crippen LogP contribution in [0.3, 0.4) is 0 Å². The third kappa shape index (κ3) is 14.8. The molecule has 3 atom stereocenters. The number of ether oxygens (including phenoxy) is 3. The van der Waals surface area contributed by atoms with Gasteiger partial charge in [-0.1, -0.05) is 54.6 Å². The topological polar surface area (TPSA) is 210 Å². The number of carbonyl (C=O) groups excluding carboxylic acids is 4. The van der Waals surface area contributed by atoms with Gasteiger partial charge in [0, 0.05) is 116 Å². The zero-order valence-corrected chi connectivity index (χ0v) is 45.3. The summed E-state index contributed by atoms with van der Waals surface area (Å²) in [5.41, 5.74) is 15.2. The Hall–Kier alpha value is -6.83. The van der Waals surface area contributed by atoms with Crippen LogP contribution in [0.25, 0.3) is 33.3 Å². The van der Waals surface area contributed by atoms with Gasteiger partial charge in [0.2, 0.25) is 5.91 Å². The number of aryl methyl sites for hydroxylation is 3. The van der Waals surface area contributed by atoms with Gasteiger partial charge in [0.05, 0.1) is 54.0 Å². The molecule has 6 aromatic rings.